The second kappa shape index (κ2) is 20.8. The highest BCUT2D eigenvalue weighted by atomic mass is 32.2. The number of carboxylic acid groups (broad SMARTS) is 2. The van der Waals surface area contributed by atoms with E-state index in [1.807, 2.05) is 0 Å². The van der Waals surface area contributed by atoms with E-state index in [2.05, 4.69) is 35.8 Å². The number of anilines is 1. The van der Waals surface area contributed by atoms with Crippen LogP contribution in [0.1, 0.15) is 16.8 Å². The molecule has 1 atom stereocenters. The molecule has 0 saturated carbocycles. The number of nitrogens with zero attached hydrogens (tertiary/aromatic N) is 8. The van der Waals surface area contributed by atoms with Gasteiger partial charge in [-0.3, -0.25) is 23.2 Å². The Balaban J connectivity index is 1.46. The molecule has 5 aromatic rings. The van der Waals surface area contributed by atoms with Crippen molar-refractivity contribution in [2.75, 3.05) is 38.5 Å². The van der Waals surface area contributed by atoms with E-state index in [4.69, 9.17) is 14.2 Å². The molecule has 368 valence electrons. The lowest BCUT2D eigenvalue weighted by Crippen LogP contribution is -2.31. The summed E-state index contributed by atoms with van der Waals surface area (Å²) in [5.74, 6) is -5.53. The van der Waals surface area contributed by atoms with Gasteiger partial charge in [0.25, 0.3) is 36.3 Å². The number of ether oxygens (including phenoxy) is 3. The first-order valence-corrected chi connectivity index (χ1v) is 23.6. The Labute approximate surface area is 393 Å². The van der Waals surface area contributed by atoms with Gasteiger partial charge in [0, 0.05) is 29.0 Å². The molecule has 1 aliphatic rings. The molecule has 8 N–H and O–H groups in total. The molecular formula is C39H34N8O20S3. The van der Waals surface area contributed by atoms with Crippen molar-refractivity contribution in [2.24, 2.45) is 35.8 Å². The number of rotatable bonds is 20. The van der Waals surface area contributed by atoms with Crippen LogP contribution in [-0.4, -0.2) is 128 Å². The number of phenolic OH excluding ortho intramolecular Hbond substituents is 1. The molecule has 0 aliphatic carbocycles. The minimum Gasteiger partial charge on any atom is -0.505 e. The molecule has 0 bridgehead atoms. The zero-order valence-corrected chi connectivity index (χ0v) is 37.8. The number of carbonyl (C=O) groups is 3. The van der Waals surface area contributed by atoms with Gasteiger partial charge in [0.05, 0.1) is 43.7 Å². The summed E-state index contributed by atoms with van der Waals surface area (Å²) >= 11 is 0. The number of carbonyl (C=O) groups excluding carboxylic acids is 1. The predicted octanol–water partition coefficient (Wildman–Crippen LogP) is 4.90. The largest absolute Gasteiger partial charge is 0.505 e. The van der Waals surface area contributed by atoms with E-state index < -0.39 is 135 Å². The summed E-state index contributed by atoms with van der Waals surface area (Å²) in [6.45, 7) is -1.99. The lowest BCUT2D eigenvalue weighted by molar-refractivity contribution is -0.135. The monoisotopic (exact) mass is 1030 g/mol. The van der Waals surface area contributed by atoms with Gasteiger partial charge in [0.1, 0.15) is 73.6 Å². The maximum atomic E-state index is 13.5. The van der Waals surface area contributed by atoms with Crippen LogP contribution >= 0.6 is 0 Å². The minimum atomic E-state index is -5.53. The highest BCUT2D eigenvalue weighted by molar-refractivity contribution is 7.86. The first kappa shape index (κ1) is 51.5. The maximum Gasteiger partial charge on any atom is 0.335 e. The Morgan fingerprint density at radius 1 is 0.686 bits per heavy atom. The van der Waals surface area contributed by atoms with Crippen molar-refractivity contribution in [2.45, 2.75) is 27.1 Å². The molecule has 28 nitrogen and oxygen atoms in total. The van der Waals surface area contributed by atoms with Gasteiger partial charge in [-0.15, -0.1) is 20.5 Å². The van der Waals surface area contributed by atoms with E-state index in [-0.39, 0.29) is 45.6 Å². The highest BCUT2D eigenvalue weighted by Crippen LogP contribution is 2.47. The average Bonchev–Trinajstić information content (AvgIpc) is 3.60. The molecule has 0 aromatic heterocycles. The van der Waals surface area contributed by atoms with Crippen molar-refractivity contribution in [3.05, 3.63) is 78.4 Å². The second-order valence-corrected chi connectivity index (χ2v) is 18.1. The number of aromatic hydroxyl groups is 1. The Bertz CT molecular complexity index is 3400. The zero-order chi connectivity index (χ0) is 51.3. The Morgan fingerprint density at radius 3 is 1.79 bits per heavy atom. The fourth-order valence-corrected chi connectivity index (χ4v) is 8.43. The van der Waals surface area contributed by atoms with Crippen LogP contribution in [0.25, 0.3) is 10.8 Å². The molecule has 70 heavy (non-hydrogen) atoms. The summed E-state index contributed by atoms with van der Waals surface area (Å²) in [5.41, 5.74) is -3.47. The summed E-state index contributed by atoms with van der Waals surface area (Å²) in [7, 11) is -14.7. The Kier molecular flexibility index (Phi) is 15.3. The molecule has 1 unspecified atom stereocenters. The third kappa shape index (κ3) is 11.5. The molecule has 1 amide bonds. The van der Waals surface area contributed by atoms with Crippen LogP contribution < -0.4 is 19.2 Å². The number of methoxy groups -OCH3 is 1. The number of carboxylic acids is 2. The number of fused-ring (bicyclic) bond motifs is 1. The zero-order valence-electron chi connectivity index (χ0n) is 35.3. The van der Waals surface area contributed by atoms with Crippen LogP contribution in [0.5, 0.6) is 23.0 Å². The molecule has 31 heteroatoms. The smallest absolute Gasteiger partial charge is 0.335 e. The molecule has 0 spiro atoms. The number of aliphatic carboxylic acids is 1. The number of hydrogen-bond donors (Lipinski definition) is 8. The second-order valence-electron chi connectivity index (χ2n) is 14.0. The van der Waals surface area contributed by atoms with E-state index in [1.165, 1.54) is 25.3 Å². The van der Waals surface area contributed by atoms with E-state index in [1.54, 1.807) is 0 Å². The topological polar surface area (TPSA) is 433 Å². The third-order valence-corrected chi connectivity index (χ3v) is 12.1. The van der Waals surface area contributed by atoms with Gasteiger partial charge < -0.3 is 39.7 Å². The van der Waals surface area contributed by atoms with E-state index in [0.717, 1.165) is 48.5 Å². The first-order chi connectivity index (χ1) is 33.0. The summed E-state index contributed by atoms with van der Waals surface area (Å²) in [6.07, 6.45) is -0.892. The minimum absolute atomic E-state index is 0.0196. The summed E-state index contributed by atoms with van der Waals surface area (Å²) in [6, 6.07) is 10.6. The van der Waals surface area contributed by atoms with E-state index >= 15 is 0 Å². The molecule has 0 fully saturated rings. The summed E-state index contributed by atoms with van der Waals surface area (Å²) in [4.78, 5) is 33.2. The maximum absolute atomic E-state index is 13.5. The van der Waals surface area contributed by atoms with Gasteiger partial charge in [-0.25, -0.2) is 4.79 Å². The van der Waals surface area contributed by atoms with Gasteiger partial charge >= 0.3 is 11.9 Å². The number of hydrogen-bond acceptors (Lipinski definition) is 22. The van der Waals surface area contributed by atoms with Crippen molar-refractivity contribution in [3.63, 3.8) is 0 Å². The lowest BCUT2D eigenvalue weighted by Gasteiger charge is -2.14. The van der Waals surface area contributed by atoms with Crippen molar-refractivity contribution in [1.82, 2.24) is 0 Å². The Hall–Kier alpha value is -7.91. The highest BCUT2D eigenvalue weighted by Gasteiger charge is 2.38. The average molecular weight is 1030 g/mol. The quantitative estimate of drug-likeness (QED) is 0.0380. The number of aromatic carboxylic acids is 1. The number of azo groups is 3. The van der Waals surface area contributed by atoms with Crippen LogP contribution in [0.2, 0.25) is 0 Å². The van der Waals surface area contributed by atoms with Crippen molar-refractivity contribution in [3.8, 4) is 23.0 Å². The van der Waals surface area contributed by atoms with Gasteiger partial charge in [-0.05, 0) is 54.6 Å². The molecule has 5 aromatic carbocycles. The van der Waals surface area contributed by atoms with Crippen molar-refractivity contribution in [1.29, 1.82) is 0 Å². The van der Waals surface area contributed by atoms with E-state index in [0.29, 0.717) is 11.1 Å². The van der Waals surface area contributed by atoms with Crippen LogP contribution in [0.4, 0.5) is 34.1 Å². The number of amides is 1. The molecule has 0 radical (unpaired) electrons. The molecule has 1 heterocycles. The number of hydrazone groups is 1. The predicted molar refractivity (Wildman–Crippen MR) is 237 cm³/mol. The van der Waals surface area contributed by atoms with Crippen LogP contribution in [0.3, 0.4) is 0 Å². The SMILES string of the molecule is COc1ccc(/N=N/c2cc(OCCO)c(/N=N/c3c(S(=O)(=O)O)cc4c(S(=O)(=O)O)c(/N=N/C5C(=O)N(c6ccc(C(=O)O)cc6)N=C5CC(=O)O)ccc4c3O)cc2OCCO)c(S(=O)(=O)O)c1. The van der Waals surface area contributed by atoms with Gasteiger partial charge in [0.2, 0.25) is 0 Å². The number of phenols is 1. The lowest BCUT2D eigenvalue weighted by atomic mass is 10.1. The van der Waals surface area contributed by atoms with Gasteiger partial charge in [-0.1, -0.05) is 0 Å². The molecule has 0 saturated heterocycles. The number of aliphatic hydroxyl groups excluding tert-OH is 2. The normalized spacial score (nSPS) is 14.5. The fraction of sp³-hybridized carbons (Fsp3) is 0.179. The third-order valence-electron chi connectivity index (χ3n) is 9.36. The van der Waals surface area contributed by atoms with Crippen LogP contribution in [0, 0.1) is 0 Å². The molecule has 1 aliphatic heterocycles. The van der Waals surface area contributed by atoms with Crippen molar-refractivity contribution >= 4 is 98.8 Å². The summed E-state index contributed by atoms with van der Waals surface area (Å²) < 4.78 is 123. The first-order valence-electron chi connectivity index (χ1n) is 19.3. The standard InChI is InChI=1S/C39H34N8O20S3/c1-65-21-6-8-24(31(14-21)68(56,57)58)40-42-26-16-30(67-13-11-49)27(17-29(26)66-12-10-48)43-45-35-32(69(59,60)61)15-23-22(36(35)52)7-9-25(37(23)70(62,63)64)41-44-34-28(18-33(50)51)46-47(38(34)53)20-4-2-19(3-5-20)39(54)55/h2-9,14-17,34,48-49,52H,10-13,18H2,1H3,(H,50,51)(H,54,55)(H,56,57,58)(H,59,60,61)(H,62,63,64)/b42-40+,44-41+,45-43+. The van der Waals surface area contributed by atoms with E-state index in [9.17, 15) is 78.8 Å². The van der Waals surface area contributed by atoms with Crippen LogP contribution in [-0.2, 0) is 39.9 Å². The number of aliphatic hydroxyl groups is 2. The molecular weight excluding hydrogens is 997 g/mol. The van der Waals surface area contributed by atoms with Crippen molar-refractivity contribution < 1.29 is 93.0 Å². The fourth-order valence-electron chi connectivity index (χ4n) is 6.33. The molecule has 6 rings (SSSR count). The van der Waals surface area contributed by atoms with Gasteiger partial charge in [0.15, 0.2) is 11.8 Å². The summed E-state index contributed by atoms with van der Waals surface area (Å²) in [5, 5.41) is 75.6. The van der Waals surface area contributed by atoms with Crippen LogP contribution in [0.15, 0.2) is 123 Å². The number of benzene rings is 5. The Morgan fingerprint density at radius 2 is 1.26 bits per heavy atom. The van der Waals surface area contributed by atoms with Gasteiger partial charge in [-0.2, -0.15) is 45.6 Å².